The van der Waals surface area contributed by atoms with E-state index in [9.17, 15) is 0 Å². The van der Waals surface area contributed by atoms with Crippen LogP contribution in [0.4, 0.5) is 0 Å². The summed E-state index contributed by atoms with van der Waals surface area (Å²) in [5.74, 6) is 0. The zero-order valence-corrected chi connectivity index (χ0v) is 9.77. The largest absolute Gasteiger partial charge is 4.00 e. The molecule has 1 aromatic rings. The van der Waals surface area contributed by atoms with E-state index in [1.165, 1.54) is 5.56 Å². The average Bonchev–Trinajstić information content (AvgIpc) is 1.69. The zero-order chi connectivity index (χ0) is 5.11. The summed E-state index contributed by atoms with van der Waals surface area (Å²) in [5, 5.41) is 0. The Morgan fingerprint density at radius 3 is 1.82 bits per heavy atom. The predicted molar refractivity (Wildman–Crippen MR) is 30.0 cm³/mol. The number of hydrogen-bond acceptors (Lipinski definition) is 0. The quantitative estimate of drug-likeness (QED) is 0.315. The first-order valence-corrected chi connectivity index (χ1v) is 2.33. The number of rotatable bonds is 0. The third-order valence-electron chi connectivity index (χ3n) is 0.865. The van der Waals surface area contributed by atoms with Crippen LogP contribution in [-0.2, 0) is 21.7 Å². The van der Waals surface area contributed by atoms with Crippen molar-refractivity contribution in [3.63, 3.8) is 0 Å². The minimum absolute atomic E-state index is 0. The molecule has 0 saturated heterocycles. The van der Waals surface area contributed by atoms with Crippen LogP contribution in [0.3, 0.4) is 0 Å². The fourth-order valence-electron chi connectivity index (χ4n) is 0.483. The van der Waals surface area contributed by atoms with Gasteiger partial charge in [-0.15, -0.1) is 0 Å². The number of hydrogen-bond donors (Lipinski definition) is 0. The maximum Gasteiger partial charge on any atom is 4.00 e. The van der Waals surface area contributed by atoms with Crippen molar-refractivity contribution in [2.24, 2.45) is 0 Å². The maximum atomic E-state index is 3.03. The SMILES string of the molecule is Cc1[c-]cccc1.[Cl-].[Cl-].[Cl-].[Ti+4]. The summed E-state index contributed by atoms with van der Waals surface area (Å²) in [4.78, 5) is 0. The molecule has 4 heteroatoms. The Bertz CT molecular complexity index is 144. The van der Waals surface area contributed by atoms with Crippen molar-refractivity contribution in [2.45, 2.75) is 6.92 Å². The monoisotopic (exact) mass is 244 g/mol. The first-order valence-electron chi connectivity index (χ1n) is 2.33. The molecule has 0 aromatic heterocycles. The van der Waals surface area contributed by atoms with E-state index in [0.717, 1.165) is 0 Å². The van der Waals surface area contributed by atoms with Gasteiger partial charge in [0.05, 0.1) is 0 Å². The third kappa shape index (κ3) is 10.8. The number of aryl methyl sites for hydroxylation is 1. The molecule has 11 heavy (non-hydrogen) atoms. The van der Waals surface area contributed by atoms with Crippen LogP contribution in [0.25, 0.3) is 0 Å². The van der Waals surface area contributed by atoms with Gasteiger partial charge >= 0.3 is 21.7 Å². The molecular formula is C7H7Cl3Ti. The van der Waals surface area contributed by atoms with E-state index in [-0.39, 0.29) is 58.9 Å². The van der Waals surface area contributed by atoms with Crippen LogP contribution >= 0.6 is 0 Å². The second kappa shape index (κ2) is 13.4. The molecule has 0 amide bonds. The molecule has 0 heterocycles. The van der Waals surface area contributed by atoms with Gasteiger partial charge in [0.1, 0.15) is 0 Å². The normalized spacial score (nSPS) is 5.55. The van der Waals surface area contributed by atoms with Crippen molar-refractivity contribution in [1.29, 1.82) is 0 Å². The van der Waals surface area contributed by atoms with Gasteiger partial charge in [0, 0.05) is 0 Å². The summed E-state index contributed by atoms with van der Waals surface area (Å²) in [5.41, 5.74) is 1.20. The summed E-state index contributed by atoms with van der Waals surface area (Å²) in [7, 11) is 0. The van der Waals surface area contributed by atoms with Gasteiger partial charge < -0.3 is 37.2 Å². The van der Waals surface area contributed by atoms with Gasteiger partial charge in [0.15, 0.2) is 0 Å². The van der Waals surface area contributed by atoms with Crippen molar-refractivity contribution < 1.29 is 58.9 Å². The van der Waals surface area contributed by atoms with Gasteiger partial charge in [-0.2, -0.15) is 35.9 Å². The zero-order valence-electron chi connectivity index (χ0n) is 5.94. The Labute approximate surface area is 101 Å². The molecule has 0 saturated carbocycles. The minimum Gasteiger partial charge on any atom is -1.00 e. The van der Waals surface area contributed by atoms with Crippen molar-refractivity contribution in [3.05, 3.63) is 35.9 Å². The summed E-state index contributed by atoms with van der Waals surface area (Å²) < 4.78 is 0. The van der Waals surface area contributed by atoms with Crippen molar-refractivity contribution >= 4 is 0 Å². The average molecular weight is 245 g/mol. The predicted octanol–water partition coefficient (Wildman–Crippen LogP) is -7.20. The molecule has 0 spiro atoms. The molecule has 60 valence electrons. The molecule has 0 aliphatic rings. The minimum atomic E-state index is 0. The van der Waals surface area contributed by atoms with Gasteiger partial charge in [-0.1, -0.05) is 6.92 Å². The Morgan fingerprint density at radius 1 is 1.09 bits per heavy atom. The Morgan fingerprint density at radius 2 is 1.64 bits per heavy atom. The van der Waals surface area contributed by atoms with Crippen molar-refractivity contribution in [2.75, 3.05) is 0 Å². The molecule has 1 aromatic carbocycles. The molecule has 0 bridgehead atoms. The van der Waals surface area contributed by atoms with Gasteiger partial charge in [0.25, 0.3) is 0 Å². The van der Waals surface area contributed by atoms with Crippen LogP contribution in [0.2, 0.25) is 0 Å². The smallest absolute Gasteiger partial charge is 1.00 e. The van der Waals surface area contributed by atoms with E-state index >= 15 is 0 Å². The van der Waals surface area contributed by atoms with Gasteiger partial charge in [-0.05, 0) is 0 Å². The van der Waals surface area contributed by atoms with Crippen LogP contribution in [0.1, 0.15) is 5.56 Å². The van der Waals surface area contributed by atoms with Crippen LogP contribution in [0, 0.1) is 13.0 Å². The molecular weight excluding hydrogens is 238 g/mol. The molecule has 0 atom stereocenters. The van der Waals surface area contributed by atoms with E-state index in [1.807, 2.05) is 31.2 Å². The standard InChI is InChI=1S/C7H7.3ClH.Ti/c1-7-5-3-2-4-6-7;;;;/h2-5H,1H3;3*1H;/q-1;;;;+4/p-3. The Hall–Kier alpha value is 0.804. The van der Waals surface area contributed by atoms with Gasteiger partial charge in [-0.3, -0.25) is 0 Å². The van der Waals surface area contributed by atoms with Gasteiger partial charge in [-0.25, -0.2) is 0 Å². The van der Waals surface area contributed by atoms with E-state index in [4.69, 9.17) is 0 Å². The van der Waals surface area contributed by atoms with Crippen LogP contribution in [0.15, 0.2) is 24.3 Å². The first-order chi connectivity index (χ1) is 3.39. The van der Waals surface area contributed by atoms with Crippen molar-refractivity contribution in [1.82, 2.24) is 0 Å². The Kier molecular flexibility index (Phi) is 27.6. The first kappa shape index (κ1) is 22.6. The molecule has 0 fully saturated rings. The van der Waals surface area contributed by atoms with Gasteiger partial charge in [0.2, 0.25) is 0 Å². The molecule has 0 aliphatic carbocycles. The molecule has 0 unspecified atom stereocenters. The van der Waals surface area contributed by atoms with Crippen LogP contribution < -0.4 is 37.2 Å². The molecule has 0 aliphatic heterocycles. The number of benzene rings is 1. The fourth-order valence-corrected chi connectivity index (χ4v) is 0.483. The van der Waals surface area contributed by atoms with E-state index in [2.05, 4.69) is 6.07 Å². The van der Waals surface area contributed by atoms with Crippen molar-refractivity contribution in [3.8, 4) is 0 Å². The Balaban J connectivity index is -0.0000000612. The summed E-state index contributed by atoms with van der Waals surface area (Å²) >= 11 is 0. The third-order valence-corrected chi connectivity index (χ3v) is 0.865. The number of halogens is 3. The molecule has 0 N–H and O–H groups in total. The molecule has 0 radical (unpaired) electrons. The topological polar surface area (TPSA) is 0 Å². The van der Waals surface area contributed by atoms with Crippen LogP contribution in [0.5, 0.6) is 0 Å². The molecule has 0 nitrogen and oxygen atoms in total. The molecule has 1 rings (SSSR count). The maximum absolute atomic E-state index is 3.03. The summed E-state index contributed by atoms with van der Waals surface area (Å²) in [6.45, 7) is 2.03. The summed E-state index contributed by atoms with van der Waals surface area (Å²) in [6, 6.07) is 10.9. The van der Waals surface area contributed by atoms with E-state index in [0.29, 0.717) is 0 Å². The van der Waals surface area contributed by atoms with E-state index in [1.54, 1.807) is 0 Å². The second-order valence-electron chi connectivity index (χ2n) is 1.55. The fraction of sp³-hybridized carbons (Fsp3) is 0.143. The van der Waals surface area contributed by atoms with Crippen LogP contribution in [-0.4, -0.2) is 0 Å². The van der Waals surface area contributed by atoms with E-state index < -0.39 is 0 Å². The summed E-state index contributed by atoms with van der Waals surface area (Å²) in [6.07, 6.45) is 0. The second-order valence-corrected chi connectivity index (χ2v) is 1.55.